The molecule has 114 valence electrons. The van der Waals surface area contributed by atoms with Crippen molar-refractivity contribution in [1.29, 1.82) is 0 Å². The second-order valence-electron chi connectivity index (χ2n) is 4.52. The fraction of sp³-hybridized carbons (Fsp3) is 0.429. The van der Waals surface area contributed by atoms with Crippen LogP contribution in [0.3, 0.4) is 0 Å². The first-order valence-corrected chi connectivity index (χ1v) is 7.90. The van der Waals surface area contributed by atoms with Gasteiger partial charge in [0.15, 0.2) is 0 Å². The van der Waals surface area contributed by atoms with Gasteiger partial charge in [-0.3, -0.25) is 0 Å². The normalized spacial score (nSPS) is 12.6. The Labute approximate surface area is 135 Å². The van der Waals surface area contributed by atoms with Gasteiger partial charge in [0.2, 0.25) is 0 Å². The summed E-state index contributed by atoms with van der Waals surface area (Å²) < 4.78 is 20.9. The predicted octanol–water partition coefficient (Wildman–Crippen LogP) is 3.84. The summed E-state index contributed by atoms with van der Waals surface area (Å²) in [6, 6.07) is 2.37. The van der Waals surface area contributed by atoms with Crippen molar-refractivity contribution >= 4 is 44.5 Å². The summed E-state index contributed by atoms with van der Waals surface area (Å²) in [4.78, 5) is 16.4. The van der Waals surface area contributed by atoms with Gasteiger partial charge < -0.3 is 9.30 Å². The summed E-state index contributed by atoms with van der Waals surface area (Å²) in [6.07, 6.45) is 0.485. The molecular formula is C14H15BrClFN2O2. The third-order valence-electron chi connectivity index (χ3n) is 3.14. The number of imidazole rings is 1. The van der Waals surface area contributed by atoms with Crippen molar-refractivity contribution in [3.63, 3.8) is 0 Å². The summed E-state index contributed by atoms with van der Waals surface area (Å²) in [5.41, 5.74) is 1.16. The first-order valence-electron chi connectivity index (χ1n) is 6.58. The van der Waals surface area contributed by atoms with Crippen LogP contribution in [0.2, 0.25) is 0 Å². The summed E-state index contributed by atoms with van der Waals surface area (Å²) in [5, 5.41) is 0. The number of hydrogen-bond acceptors (Lipinski definition) is 3. The number of nitrogens with zero attached hydrogens (tertiary/aromatic N) is 2. The van der Waals surface area contributed by atoms with Crippen LogP contribution in [-0.2, 0) is 16.0 Å². The van der Waals surface area contributed by atoms with E-state index in [2.05, 4.69) is 20.9 Å². The Bertz CT molecular complexity index is 675. The quantitative estimate of drug-likeness (QED) is 0.587. The average Bonchev–Trinajstić information content (AvgIpc) is 2.76. The van der Waals surface area contributed by atoms with Gasteiger partial charge in [0, 0.05) is 18.4 Å². The van der Waals surface area contributed by atoms with Crippen LogP contribution < -0.4 is 0 Å². The standard InChI is InChI=1S/C14H15BrClFN2O2/c1-3-21-14(20)8(2)19-12-7-10(17)9(15)6-11(12)18-13(19)4-5-16/h6-8H,3-5H2,1-2H3. The van der Waals surface area contributed by atoms with Crippen molar-refractivity contribution in [3.8, 4) is 0 Å². The molecule has 0 aliphatic heterocycles. The second kappa shape index (κ2) is 6.75. The third-order valence-corrected chi connectivity index (χ3v) is 3.93. The lowest BCUT2D eigenvalue weighted by molar-refractivity contribution is -0.146. The van der Waals surface area contributed by atoms with Gasteiger partial charge in [-0.15, -0.1) is 11.6 Å². The molecule has 0 amide bonds. The van der Waals surface area contributed by atoms with Crippen LogP contribution in [0.4, 0.5) is 4.39 Å². The van der Waals surface area contributed by atoms with Gasteiger partial charge in [0.25, 0.3) is 0 Å². The molecule has 0 spiro atoms. The van der Waals surface area contributed by atoms with E-state index in [1.54, 1.807) is 24.5 Å². The van der Waals surface area contributed by atoms with E-state index in [9.17, 15) is 9.18 Å². The monoisotopic (exact) mass is 376 g/mol. The highest BCUT2D eigenvalue weighted by Gasteiger charge is 2.23. The Kier molecular flexibility index (Phi) is 5.22. The molecule has 1 atom stereocenters. The molecule has 0 bridgehead atoms. The van der Waals surface area contributed by atoms with Crippen molar-refractivity contribution in [2.75, 3.05) is 12.5 Å². The number of rotatable bonds is 5. The van der Waals surface area contributed by atoms with Crippen molar-refractivity contribution in [2.45, 2.75) is 26.3 Å². The zero-order valence-corrected chi connectivity index (χ0v) is 14.0. The number of esters is 1. The highest BCUT2D eigenvalue weighted by Crippen LogP contribution is 2.27. The largest absolute Gasteiger partial charge is 0.464 e. The van der Waals surface area contributed by atoms with Crippen LogP contribution in [-0.4, -0.2) is 28.0 Å². The number of carbonyl (C=O) groups excluding carboxylic acids is 1. The van der Waals surface area contributed by atoms with E-state index < -0.39 is 11.9 Å². The zero-order valence-electron chi connectivity index (χ0n) is 11.7. The van der Waals surface area contributed by atoms with Gasteiger partial charge in [-0.25, -0.2) is 14.2 Å². The van der Waals surface area contributed by atoms with E-state index in [1.807, 2.05) is 0 Å². The first-order chi connectivity index (χ1) is 9.99. The number of benzene rings is 1. The molecule has 0 fully saturated rings. The highest BCUT2D eigenvalue weighted by molar-refractivity contribution is 9.10. The molecule has 0 aliphatic rings. The van der Waals surface area contributed by atoms with Crippen LogP contribution in [0.1, 0.15) is 25.7 Å². The van der Waals surface area contributed by atoms with Crippen molar-refractivity contribution in [1.82, 2.24) is 9.55 Å². The van der Waals surface area contributed by atoms with Gasteiger partial charge in [-0.1, -0.05) is 0 Å². The molecule has 21 heavy (non-hydrogen) atoms. The summed E-state index contributed by atoms with van der Waals surface area (Å²) >= 11 is 8.93. The molecule has 0 saturated carbocycles. The van der Waals surface area contributed by atoms with Gasteiger partial charge in [-0.2, -0.15) is 0 Å². The molecule has 0 radical (unpaired) electrons. The van der Waals surface area contributed by atoms with E-state index in [-0.39, 0.29) is 5.97 Å². The lowest BCUT2D eigenvalue weighted by Gasteiger charge is -2.16. The topological polar surface area (TPSA) is 44.1 Å². The molecule has 2 aromatic rings. The van der Waals surface area contributed by atoms with Crippen LogP contribution in [0.5, 0.6) is 0 Å². The van der Waals surface area contributed by atoms with E-state index in [4.69, 9.17) is 16.3 Å². The Morgan fingerprint density at radius 2 is 2.29 bits per heavy atom. The van der Waals surface area contributed by atoms with Crippen molar-refractivity contribution in [3.05, 3.63) is 28.2 Å². The molecule has 1 aromatic heterocycles. The fourth-order valence-electron chi connectivity index (χ4n) is 2.20. The maximum Gasteiger partial charge on any atom is 0.328 e. The molecule has 0 saturated heterocycles. The van der Waals surface area contributed by atoms with E-state index >= 15 is 0 Å². The zero-order chi connectivity index (χ0) is 15.6. The van der Waals surface area contributed by atoms with E-state index in [0.717, 1.165) is 0 Å². The molecule has 0 N–H and O–H groups in total. The predicted molar refractivity (Wildman–Crippen MR) is 83.2 cm³/mol. The fourth-order valence-corrected chi connectivity index (χ4v) is 2.70. The van der Waals surface area contributed by atoms with Crippen LogP contribution in [0, 0.1) is 5.82 Å². The minimum atomic E-state index is -0.589. The number of fused-ring (bicyclic) bond motifs is 1. The molecule has 1 unspecified atom stereocenters. The van der Waals surface area contributed by atoms with Gasteiger partial charge >= 0.3 is 5.97 Å². The van der Waals surface area contributed by atoms with Crippen LogP contribution in [0.15, 0.2) is 16.6 Å². The SMILES string of the molecule is CCOC(=O)C(C)n1c(CCCl)nc2cc(Br)c(F)cc21. The minimum Gasteiger partial charge on any atom is -0.464 e. The lowest BCUT2D eigenvalue weighted by atomic mass is 10.2. The molecule has 2 rings (SSSR count). The molecule has 0 aliphatic carbocycles. The summed E-state index contributed by atoms with van der Waals surface area (Å²) in [7, 11) is 0. The molecule has 4 nitrogen and oxygen atoms in total. The molecule has 1 aromatic carbocycles. The Morgan fingerprint density at radius 3 is 2.90 bits per heavy atom. The summed E-state index contributed by atoms with van der Waals surface area (Å²) in [5.74, 6) is 0.217. The average molecular weight is 378 g/mol. The number of ether oxygens (including phenoxy) is 1. The van der Waals surface area contributed by atoms with E-state index in [0.29, 0.717) is 40.2 Å². The molecule has 7 heteroatoms. The first kappa shape index (κ1) is 16.2. The number of halogens is 3. The lowest BCUT2D eigenvalue weighted by Crippen LogP contribution is -2.21. The smallest absolute Gasteiger partial charge is 0.328 e. The number of aromatic nitrogens is 2. The number of hydrogen-bond donors (Lipinski definition) is 0. The van der Waals surface area contributed by atoms with Crippen molar-refractivity contribution < 1.29 is 13.9 Å². The minimum absolute atomic E-state index is 0.292. The molecular weight excluding hydrogens is 363 g/mol. The van der Waals surface area contributed by atoms with Gasteiger partial charge in [-0.05, 0) is 35.8 Å². The Morgan fingerprint density at radius 1 is 1.57 bits per heavy atom. The maximum absolute atomic E-state index is 13.8. The number of carbonyl (C=O) groups is 1. The Hall–Kier alpha value is -1.14. The molecule has 1 heterocycles. The second-order valence-corrected chi connectivity index (χ2v) is 5.75. The number of aryl methyl sites for hydroxylation is 1. The number of alkyl halides is 1. The summed E-state index contributed by atoms with van der Waals surface area (Å²) in [6.45, 7) is 3.74. The Balaban J connectivity index is 2.60. The van der Waals surface area contributed by atoms with E-state index in [1.165, 1.54) is 6.07 Å². The van der Waals surface area contributed by atoms with Crippen molar-refractivity contribution in [2.24, 2.45) is 0 Å². The van der Waals surface area contributed by atoms with Crippen LogP contribution >= 0.6 is 27.5 Å². The van der Waals surface area contributed by atoms with Crippen LogP contribution in [0.25, 0.3) is 11.0 Å². The highest BCUT2D eigenvalue weighted by atomic mass is 79.9. The van der Waals surface area contributed by atoms with Gasteiger partial charge in [0.1, 0.15) is 17.7 Å². The maximum atomic E-state index is 13.8. The van der Waals surface area contributed by atoms with Gasteiger partial charge in [0.05, 0.1) is 22.1 Å². The third kappa shape index (κ3) is 3.21.